The van der Waals surface area contributed by atoms with Gasteiger partial charge in [-0.2, -0.15) is 0 Å². The van der Waals surface area contributed by atoms with Gasteiger partial charge in [0, 0.05) is 38.0 Å². The lowest BCUT2D eigenvalue weighted by atomic mass is 10.0. The summed E-state index contributed by atoms with van der Waals surface area (Å²) in [6.45, 7) is 6.18. The van der Waals surface area contributed by atoms with Crippen molar-refractivity contribution < 1.29 is 18.0 Å². The molecule has 0 N–H and O–H groups in total. The number of fused-ring (bicyclic) bond motifs is 1. The van der Waals surface area contributed by atoms with E-state index in [1.54, 1.807) is 24.9 Å². The number of alkyl halides is 2. The first kappa shape index (κ1) is 23.7. The van der Waals surface area contributed by atoms with Crippen molar-refractivity contribution in [2.24, 2.45) is 12.0 Å². The minimum absolute atomic E-state index is 0.0340. The molecule has 0 aliphatic carbocycles. The maximum absolute atomic E-state index is 14.7. The molecule has 0 radical (unpaired) electrons. The summed E-state index contributed by atoms with van der Waals surface area (Å²) in [5.74, 6) is -0.225. The highest BCUT2D eigenvalue weighted by Gasteiger charge is 2.20. The second-order valence-corrected chi connectivity index (χ2v) is 8.43. The van der Waals surface area contributed by atoms with Crippen LogP contribution in [0, 0.1) is 12.7 Å². The van der Waals surface area contributed by atoms with Crippen molar-refractivity contribution in [2.45, 2.75) is 39.7 Å². The highest BCUT2D eigenvalue weighted by atomic mass is 19.3. The number of hydrogen-bond acceptors (Lipinski definition) is 4. The standard InChI is InChI=1S/C25H26F3N5O/c1-14(18-6-5-7-19(23(18)26)24(27)28)30-25-20-12-21(17-8-10-33(11-9-17)16(3)34)29-13-22(20)32(4)15(2)31-25/h5-8,12-14,24H,9-11H2,1-4H3/t14-/m1/s1. The number of nitrogens with zero attached hydrogens (tertiary/aromatic N) is 5. The fourth-order valence-corrected chi connectivity index (χ4v) is 4.13. The third-order valence-electron chi connectivity index (χ3n) is 6.28. The molecular formula is C25H26F3N5O. The smallest absolute Gasteiger partial charge is 0.266 e. The molecule has 6 nitrogen and oxygen atoms in total. The Hall–Kier alpha value is -3.49. The predicted molar refractivity (Wildman–Crippen MR) is 123 cm³/mol. The Morgan fingerprint density at radius 2 is 1.97 bits per heavy atom. The zero-order valence-electron chi connectivity index (χ0n) is 19.5. The van der Waals surface area contributed by atoms with E-state index in [0.717, 1.165) is 28.2 Å². The Bertz CT molecular complexity index is 1360. The lowest BCUT2D eigenvalue weighted by Crippen LogP contribution is -2.32. The molecule has 1 amide bonds. The SMILES string of the molecule is CC(=O)N1CC=C(c2cc3c(=N[C@H](C)c4cccc(C(F)F)c4F)nc(C)n(C)c3cn2)CC1. The Kier molecular flexibility index (Phi) is 6.54. The van der Waals surface area contributed by atoms with Crippen molar-refractivity contribution in [3.8, 4) is 0 Å². The Labute approximate surface area is 195 Å². The highest BCUT2D eigenvalue weighted by molar-refractivity contribution is 5.82. The topological polar surface area (TPSA) is 63.4 Å². The lowest BCUT2D eigenvalue weighted by Gasteiger charge is -2.25. The number of carbonyl (C=O) groups excluding carboxylic acids is 1. The molecule has 2 aromatic heterocycles. The number of aromatic nitrogens is 3. The fraction of sp³-hybridized carbons (Fsp3) is 0.360. The summed E-state index contributed by atoms with van der Waals surface area (Å²) in [6, 6.07) is 5.13. The number of carbonyl (C=O) groups is 1. The second-order valence-electron chi connectivity index (χ2n) is 8.43. The first-order valence-electron chi connectivity index (χ1n) is 11.1. The minimum atomic E-state index is -2.90. The third-order valence-corrected chi connectivity index (χ3v) is 6.28. The molecule has 0 saturated carbocycles. The van der Waals surface area contributed by atoms with Crippen LogP contribution in [0.15, 0.2) is 41.5 Å². The van der Waals surface area contributed by atoms with Crippen LogP contribution in [0.25, 0.3) is 16.5 Å². The van der Waals surface area contributed by atoms with Gasteiger partial charge >= 0.3 is 0 Å². The van der Waals surface area contributed by atoms with E-state index in [-0.39, 0.29) is 11.5 Å². The summed E-state index contributed by atoms with van der Waals surface area (Å²) >= 11 is 0. The lowest BCUT2D eigenvalue weighted by molar-refractivity contribution is -0.128. The van der Waals surface area contributed by atoms with Gasteiger partial charge in [-0.15, -0.1) is 0 Å². The van der Waals surface area contributed by atoms with E-state index in [2.05, 4.69) is 15.0 Å². The van der Waals surface area contributed by atoms with Crippen molar-refractivity contribution in [3.63, 3.8) is 0 Å². The van der Waals surface area contributed by atoms with Gasteiger partial charge in [-0.3, -0.25) is 14.8 Å². The van der Waals surface area contributed by atoms with E-state index >= 15 is 0 Å². The van der Waals surface area contributed by atoms with Gasteiger partial charge in [-0.1, -0.05) is 24.3 Å². The summed E-state index contributed by atoms with van der Waals surface area (Å²) in [4.78, 5) is 27.2. The number of benzene rings is 1. The quantitative estimate of drug-likeness (QED) is 0.559. The van der Waals surface area contributed by atoms with Gasteiger partial charge in [0.25, 0.3) is 6.43 Å². The molecule has 1 aromatic carbocycles. The molecule has 9 heteroatoms. The van der Waals surface area contributed by atoms with Crippen molar-refractivity contribution in [1.82, 2.24) is 19.4 Å². The summed E-state index contributed by atoms with van der Waals surface area (Å²) in [5, 5.41) is 0.727. The van der Waals surface area contributed by atoms with Gasteiger partial charge in [-0.25, -0.2) is 18.2 Å². The largest absolute Gasteiger partial charge is 0.339 e. The number of amides is 1. The zero-order valence-corrected chi connectivity index (χ0v) is 19.5. The maximum Gasteiger partial charge on any atom is 0.266 e. The van der Waals surface area contributed by atoms with Crippen LogP contribution in [0.2, 0.25) is 0 Å². The summed E-state index contributed by atoms with van der Waals surface area (Å²) in [6.07, 6.45) is 1.52. The number of pyridine rings is 1. The zero-order chi connectivity index (χ0) is 24.6. The molecule has 178 valence electrons. The average Bonchev–Trinajstić information content (AvgIpc) is 2.82. The Balaban J connectivity index is 1.82. The van der Waals surface area contributed by atoms with Crippen LogP contribution in [0.1, 0.15) is 55.4 Å². The molecule has 0 bridgehead atoms. The molecular weight excluding hydrogens is 443 g/mol. The summed E-state index contributed by atoms with van der Waals surface area (Å²) < 4.78 is 43.0. The first-order chi connectivity index (χ1) is 16.2. The van der Waals surface area contributed by atoms with E-state index in [1.165, 1.54) is 12.1 Å². The second kappa shape index (κ2) is 9.40. The van der Waals surface area contributed by atoms with Crippen LogP contribution in [0.5, 0.6) is 0 Å². The highest BCUT2D eigenvalue weighted by Crippen LogP contribution is 2.29. The number of rotatable bonds is 4. The summed E-state index contributed by atoms with van der Waals surface area (Å²) in [7, 11) is 1.87. The van der Waals surface area contributed by atoms with Gasteiger partial charge < -0.3 is 9.47 Å². The molecule has 34 heavy (non-hydrogen) atoms. The number of aryl methyl sites for hydroxylation is 2. The minimum Gasteiger partial charge on any atom is -0.339 e. The van der Waals surface area contributed by atoms with Crippen LogP contribution in [0.3, 0.4) is 0 Å². The van der Waals surface area contributed by atoms with Gasteiger partial charge in [0.1, 0.15) is 11.6 Å². The molecule has 1 aliphatic rings. The molecule has 1 atom stereocenters. The predicted octanol–water partition coefficient (Wildman–Crippen LogP) is 4.65. The molecule has 0 spiro atoms. The number of hydrogen-bond donors (Lipinski definition) is 0. The van der Waals surface area contributed by atoms with E-state index in [4.69, 9.17) is 0 Å². The molecule has 4 rings (SSSR count). The van der Waals surface area contributed by atoms with Crippen LogP contribution in [-0.4, -0.2) is 38.4 Å². The van der Waals surface area contributed by atoms with E-state index in [9.17, 15) is 18.0 Å². The van der Waals surface area contributed by atoms with E-state index in [1.807, 2.05) is 30.7 Å². The van der Waals surface area contributed by atoms with Gasteiger partial charge in [0.05, 0.1) is 29.0 Å². The van der Waals surface area contributed by atoms with Crippen molar-refractivity contribution in [1.29, 1.82) is 0 Å². The van der Waals surface area contributed by atoms with Crippen molar-refractivity contribution >= 4 is 22.4 Å². The van der Waals surface area contributed by atoms with Crippen molar-refractivity contribution in [3.05, 3.63) is 70.5 Å². The molecule has 3 aromatic rings. The molecule has 1 aliphatic heterocycles. The van der Waals surface area contributed by atoms with Crippen LogP contribution in [0.4, 0.5) is 13.2 Å². The van der Waals surface area contributed by atoms with Crippen molar-refractivity contribution in [2.75, 3.05) is 13.1 Å². The van der Waals surface area contributed by atoms with Gasteiger partial charge in [0.15, 0.2) is 5.49 Å². The Morgan fingerprint density at radius 3 is 2.62 bits per heavy atom. The van der Waals surface area contributed by atoms with Gasteiger partial charge in [-0.05, 0) is 31.9 Å². The van der Waals surface area contributed by atoms with Crippen LogP contribution in [-0.2, 0) is 11.8 Å². The normalized spacial score (nSPS) is 15.7. The Morgan fingerprint density at radius 1 is 1.24 bits per heavy atom. The van der Waals surface area contributed by atoms with Crippen LogP contribution >= 0.6 is 0 Å². The average molecular weight is 470 g/mol. The van der Waals surface area contributed by atoms with E-state index < -0.39 is 23.8 Å². The monoisotopic (exact) mass is 469 g/mol. The summed E-state index contributed by atoms with van der Waals surface area (Å²) in [5.41, 5.74) is 2.43. The van der Waals surface area contributed by atoms with E-state index in [0.29, 0.717) is 30.8 Å². The first-order valence-corrected chi connectivity index (χ1v) is 11.1. The molecule has 0 unspecified atom stereocenters. The molecule has 3 heterocycles. The molecule has 0 fully saturated rings. The fourth-order valence-electron chi connectivity index (χ4n) is 4.13. The molecule has 0 saturated heterocycles. The third kappa shape index (κ3) is 4.47. The number of halogens is 3. The van der Waals surface area contributed by atoms with Crippen LogP contribution < -0.4 is 5.49 Å². The maximum atomic E-state index is 14.7. The van der Waals surface area contributed by atoms with Gasteiger partial charge in [0.2, 0.25) is 5.91 Å².